The average Bonchev–Trinajstić information content (AvgIpc) is 2.53. The van der Waals surface area contributed by atoms with Crippen molar-refractivity contribution in [3.63, 3.8) is 0 Å². The number of hydrogen-bond donors (Lipinski definition) is 1. The van der Waals surface area contributed by atoms with E-state index >= 15 is 0 Å². The summed E-state index contributed by atoms with van der Waals surface area (Å²) in [5.41, 5.74) is -0.443. The molecule has 1 fully saturated rings. The quantitative estimate of drug-likeness (QED) is 0.758. The van der Waals surface area contributed by atoms with Gasteiger partial charge < -0.3 is 10.2 Å². The summed E-state index contributed by atoms with van der Waals surface area (Å²) in [7, 11) is -2.92. The molecule has 0 aromatic rings. The number of amides is 1. The molecule has 1 atom stereocenters. The van der Waals surface area contributed by atoms with Gasteiger partial charge in [0, 0.05) is 18.6 Å². The molecular weight excluding hydrogens is 240 g/mol. The predicted octanol–water partition coefficient (Wildman–Crippen LogP) is 0.0216. The van der Waals surface area contributed by atoms with Crippen LogP contribution in [0.3, 0.4) is 0 Å². The highest BCUT2D eigenvalue weighted by molar-refractivity contribution is 7.91. The molecular formula is C11H22N2O3S. The van der Waals surface area contributed by atoms with Gasteiger partial charge in [-0.25, -0.2) is 8.42 Å². The van der Waals surface area contributed by atoms with Crippen LogP contribution in [0.25, 0.3) is 0 Å². The highest BCUT2D eigenvalue weighted by Gasteiger charge is 2.38. The van der Waals surface area contributed by atoms with Gasteiger partial charge in [0.2, 0.25) is 5.91 Å². The lowest BCUT2D eigenvalue weighted by Gasteiger charge is -2.26. The summed E-state index contributed by atoms with van der Waals surface area (Å²) >= 11 is 0. The van der Waals surface area contributed by atoms with E-state index in [4.69, 9.17) is 0 Å². The lowest BCUT2D eigenvalue weighted by Crippen LogP contribution is -2.49. The normalized spacial score (nSPS) is 27.0. The molecule has 0 aromatic heterocycles. The lowest BCUT2D eigenvalue weighted by atomic mass is 10.0. The molecule has 1 aliphatic heterocycles. The Morgan fingerprint density at radius 3 is 2.35 bits per heavy atom. The smallest absolute Gasteiger partial charge is 0.236 e. The summed E-state index contributed by atoms with van der Waals surface area (Å²) in [6, 6.07) is 0. The van der Waals surface area contributed by atoms with Gasteiger partial charge in [-0.15, -0.1) is 0 Å². The van der Waals surface area contributed by atoms with Gasteiger partial charge in [-0.05, 0) is 27.2 Å². The van der Waals surface area contributed by atoms with E-state index in [1.54, 1.807) is 4.90 Å². The third kappa shape index (κ3) is 3.96. The molecule has 1 N–H and O–H groups in total. The van der Waals surface area contributed by atoms with Crippen LogP contribution >= 0.6 is 0 Å². The van der Waals surface area contributed by atoms with Crippen LogP contribution in [0.1, 0.15) is 27.2 Å². The Bertz CT molecular complexity index is 376. The Morgan fingerprint density at radius 1 is 1.35 bits per heavy atom. The molecule has 1 heterocycles. The summed E-state index contributed by atoms with van der Waals surface area (Å²) in [5, 5.41) is 3.09. The Balaban J connectivity index is 2.49. The molecule has 0 spiro atoms. The molecule has 0 aromatic carbocycles. The standard InChI is InChI=1S/C11H22N2O3S/c1-4-13(5-2)10(14)8-12-11(3)6-7-17(15,16)9-11/h12H,4-9H2,1-3H3. The van der Waals surface area contributed by atoms with Crippen LogP contribution in [0.5, 0.6) is 0 Å². The van der Waals surface area contributed by atoms with Crippen molar-refractivity contribution < 1.29 is 13.2 Å². The zero-order chi connectivity index (χ0) is 13.1. The highest BCUT2D eigenvalue weighted by atomic mass is 32.2. The number of nitrogens with zero attached hydrogens (tertiary/aromatic N) is 1. The topological polar surface area (TPSA) is 66.5 Å². The average molecular weight is 262 g/mol. The van der Waals surface area contributed by atoms with E-state index in [2.05, 4.69) is 5.32 Å². The van der Waals surface area contributed by atoms with Crippen LogP contribution in [0.2, 0.25) is 0 Å². The molecule has 0 radical (unpaired) electrons. The SMILES string of the molecule is CCN(CC)C(=O)CNC1(C)CCS(=O)(=O)C1. The molecule has 0 aliphatic carbocycles. The highest BCUT2D eigenvalue weighted by Crippen LogP contribution is 2.22. The van der Waals surface area contributed by atoms with Gasteiger partial charge >= 0.3 is 0 Å². The minimum Gasteiger partial charge on any atom is -0.342 e. The fourth-order valence-electron chi connectivity index (χ4n) is 2.13. The summed E-state index contributed by atoms with van der Waals surface area (Å²) < 4.78 is 22.8. The summed E-state index contributed by atoms with van der Waals surface area (Å²) in [4.78, 5) is 13.5. The maximum atomic E-state index is 11.8. The van der Waals surface area contributed by atoms with Gasteiger partial charge in [0.1, 0.15) is 0 Å². The van der Waals surface area contributed by atoms with Crippen molar-refractivity contribution in [2.24, 2.45) is 0 Å². The number of carbonyl (C=O) groups excluding carboxylic acids is 1. The molecule has 100 valence electrons. The predicted molar refractivity (Wildman–Crippen MR) is 67.6 cm³/mol. The van der Waals surface area contributed by atoms with Crippen LogP contribution in [0.4, 0.5) is 0 Å². The number of likely N-dealkylation sites (N-methyl/N-ethyl adjacent to an activating group) is 1. The molecule has 0 bridgehead atoms. The molecule has 1 saturated heterocycles. The molecule has 1 unspecified atom stereocenters. The first-order chi connectivity index (χ1) is 7.82. The fraction of sp³-hybridized carbons (Fsp3) is 0.909. The van der Waals surface area contributed by atoms with Crippen LogP contribution in [-0.2, 0) is 14.6 Å². The molecule has 1 rings (SSSR count). The second-order valence-electron chi connectivity index (χ2n) is 4.82. The van der Waals surface area contributed by atoms with Crippen molar-refractivity contribution in [1.29, 1.82) is 0 Å². The summed E-state index contributed by atoms with van der Waals surface area (Å²) in [5.74, 6) is 0.377. The number of rotatable bonds is 5. The molecule has 0 saturated carbocycles. The number of hydrogen-bond acceptors (Lipinski definition) is 4. The van der Waals surface area contributed by atoms with Gasteiger partial charge in [0.15, 0.2) is 9.84 Å². The van der Waals surface area contributed by atoms with E-state index in [0.29, 0.717) is 19.5 Å². The van der Waals surface area contributed by atoms with Crippen molar-refractivity contribution in [3.05, 3.63) is 0 Å². The molecule has 17 heavy (non-hydrogen) atoms. The van der Waals surface area contributed by atoms with Gasteiger partial charge in [0.05, 0.1) is 18.1 Å². The van der Waals surface area contributed by atoms with Gasteiger partial charge in [-0.2, -0.15) is 0 Å². The number of sulfone groups is 1. The molecule has 6 heteroatoms. The van der Waals surface area contributed by atoms with E-state index in [0.717, 1.165) is 0 Å². The molecule has 5 nitrogen and oxygen atoms in total. The van der Waals surface area contributed by atoms with Crippen LogP contribution in [0, 0.1) is 0 Å². The van der Waals surface area contributed by atoms with Crippen LogP contribution in [-0.4, -0.2) is 55.9 Å². The molecule has 1 aliphatic rings. The Hall–Kier alpha value is -0.620. The first-order valence-electron chi connectivity index (χ1n) is 6.05. The van der Waals surface area contributed by atoms with Gasteiger partial charge in [0.25, 0.3) is 0 Å². The van der Waals surface area contributed by atoms with E-state index in [-0.39, 0.29) is 24.0 Å². The zero-order valence-corrected chi connectivity index (χ0v) is 11.6. The van der Waals surface area contributed by atoms with E-state index < -0.39 is 15.4 Å². The fourth-order valence-corrected chi connectivity index (χ4v) is 4.25. The van der Waals surface area contributed by atoms with Crippen molar-refractivity contribution >= 4 is 15.7 Å². The van der Waals surface area contributed by atoms with Crippen LogP contribution in [0.15, 0.2) is 0 Å². The first-order valence-corrected chi connectivity index (χ1v) is 7.87. The Labute approximate surface area is 103 Å². The zero-order valence-electron chi connectivity index (χ0n) is 10.8. The van der Waals surface area contributed by atoms with E-state index in [1.807, 2.05) is 20.8 Å². The van der Waals surface area contributed by atoms with Crippen molar-refractivity contribution in [2.45, 2.75) is 32.7 Å². The van der Waals surface area contributed by atoms with Gasteiger partial charge in [-0.3, -0.25) is 4.79 Å². The van der Waals surface area contributed by atoms with E-state index in [1.165, 1.54) is 0 Å². The number of nitrogens with one attached hydrogen (secondary N) is 1. The lowest BCUT2D eigenvalue weighted by molar-refractivity contribution is -0.130. The van der Waals surface area contributed by atoms with Crippen molar-refractivity contribution in [1.82, 2.24) is 10.2 Å². The minimum atomic E-state index is -2.92. The first kappa shape index (κ1) is 14.4. The summed E-state index contributed by atoms with van der Waals surface area (Å²) in [6.45, 7) is 7.32. The largest absolute Gasteiger partial charge is 0.342 e. The summed E-state index contributed by atoms with van der Waals surface area (Å²) in [6.07, 6.45) is 0.584. The number of carbonyl (C=O) groups is 1. The third-order valence-corrected chi connectivity index (χ3v) is 5.19. The minimum absolute atomic E-state index is 0.0283. The maximum absolute atomic E-state index is 11.8. The maximum Gasteiger partial charge on any atom is 0.236 e. The van der Waals surface area contributed by atoms with Crippen molar-refractivity contribution in [3.8, 4) is 0 Å². The molecule has 1 amide bonds. The van der Waals surface area contributed by atoms with Crippen molar-refractivity contribution in [2.75, 3.05) is 31.1 Å². The Morgan fingerprint density at radius 2 is 1.94 bits per heavy atom. The second kappa shape index (κ2) is 5.35. The second-order valence-corrected chi connectivity index (χ2v) is 7.01. The van der Waals surface area contributed by atoms with Crippen LogP contribution < -0.4 is 5.32 Å². The Kier molecular flexibility index (Phi) is 4.55. The van der Waals surface area contributed by atoms with E-state index in [9.17, 15) is 13.2 Å². The van der Waals surface area contributed by atoms with Gasteiger partial charge in [-0.1, -0.05) is 0 Å². The third-order valence-electron chi connectivity index (χ3n) is 3.29. The monoisotopic (exact) mass is 262 g/mol.